The van der Waals surface area contributed by atoms with Gasteiger partial charge in [-0.1, -0.05) is 6.07 Å². The van der Waals surface area contributed by atoms with Crippen molar-refractivity contribution in [2.24, 2.45) is 0 Å². The van der Waals surface area contributed by atoms with E-state index in [4.69, 9.17) is 9.47 Å². The van der Waals surface area contributed by atoms with Crippen LogP contribution >= 0.6 is 0 Å². The van der Waals surface area contributed by atoms with Gasteiger partial charge < -0.3 is 13.9 Å². The second kappa shape index (κ2) is 6.88. The molecule has 0 radical (unpaired) electrons. The minimum atomic E-state index is -0.167. The number of hydrogen-bond acceptors (Lipinski definition) is 4. The molecule has 28 heavy (non-hydrogen) atoms. The molecule has 0 unspecified atom stereocenters. The van der Waals surface area contributed by atoms with Crippen molar-refractivity contribution >= 4 is 5.65 Å². The summed E-state index contributed by atoms with van der Waals surface area (Å²) in [7, 11) is 3.19. The fraction of sp³-hybridized carbons (Fsp3) is 0.182. The van der Waals surface area contributed by atoms with Crippen molar-refractivity contribution in [3.05, 3.63) is 76.5 Å². The highest BCUT2D eigenvalue weighted by atomic mass is 16.5. The summed E-state index contributed by atoms with van der Waals surface area (Å²) in [5.74, 6) is 1.26. The van der Waals surface area contributed by atoms with Crippen molar-refractivity contribution in [3.63, 3.8) is 0 Å². The molecule has 0 atom stereocenters. The van der Waals surface area contributed by atoms with Gasteiger partial charge >= 0.3 is 0 Å². The van der Waals surface area contributed by atoms with Crippen LogP contribution in [0.1, 0.15) is 11.1 Å². The van der Waals surface area contributed by atoms with Gasteiger partial charge in [0.25, 0.3) is 5.56 Å². The summed E-state index contributed by atoms with van der Waals surface area (Å²) in [6, 6.07) is 11.6. The van der Waals surface area contributed by atoms with Crippen molar-refractivity contribution in [2.75, 3.05) is 14.2 Å². The maximum Gasteiger partial charge on any atom is 0.298 e. The second-order valence-electron chi connectivity index (χ2n) is 6.75. The van der Waals surface area contributed by atoms with Crippen LogP contribution in [-0.2, 0) is 0 Å². The van der Waals surface area contributed by atoms with Crippen LogP contribution in [0.25, 0.3) is 22.6 Å². The molecule has 0 aliphatic heterocycles. The van der Waals surface area contributed by atoms with Gasteiger partial charge in [-0.2, -0.15) is 0 Å². The standard InChI is InChI=1S/C22H21N3O3/c1-14-9-15(2)11-17(10-14)25-8-7-24-13-18(23-21(24)22(25)26)16-5-6-19(27-3)20(12-16)28-4/h5-13H,1-4H3. The van der Waals surface area contributed by atoms with Crippen molar-refractivity contribution in [1.82, 2.24) is 14.0 Å². The van der Waals surface area contributed by atoms with E-state index >= 15 is 0 Å². The first-order valence-electron chi connectivity index (χ1n) is 8.91. The van der Waals surface area contributed by atoms with Crippen LogP contribution in [0.2, 0.25) is 0 Å². The SMILES string of the molecule is COc1ccc(-c2cn3ccn(-c4cc(C)cc(C)c4)c(=O)c3n2)cc1OC. The number of nitrogens with zero attached hydrogens (tertiary/aromatic N) is 3. The van der Waals surface area contributed by atoms with Gasteiger partial charge in [0, 0.05) is 29.8 Å². The number of imidazole rings is 1. The number of benzene rings is 2. The Kier molecular flexibility index (Phi) is 4.39. The van der Waals surface area contributed by atoms with E-state index in [9.17, 15) is 4.79 Å². The van der Waals surface area contributed by atoms with Crippen LogP contribution < -0.4 is 15.0 Å². The first-order chi connectivity index (χ1) is 13.5. The lowest BCUT2D eigenvalue weighted by atomic mass is 10.1. The van der Waals surface area contributed by atoms with Crippen molar-refractivity contribution in [3.8, 4) is 28.4 Å². The Labute approximate surface area is 162 Å². The molecule has 0 N–H and O–H groups in total. The summed E-state index contributed by atoms with van der Waals surface area (Å²) in [5, 5.41) is 0. The molecular formula is C22H21N3O3. The number of rotatable bonds is 4. The van der Waals surface area contributed by atoms with Crippen molar-refractivity contribution in [2.45, 2.75) is 13.8 Å². The van der Waals surface area contributed by atoms with Gasteiger partial charge in [0.1, 0.15) is 0 Å². The third kappa shape index (κ3) is 3.03. The smallest absolute Gasteiger partial charge is 0.298 e. The highest BCUT2D eigenvalue weighted by molar-refractivity contribution is 5.66. The average molecular weight is 375 g/mol. The summed E-state index contributed by atoms with van der Waals surface area (Å²) in [6.07, 6.45) is 5.44. The molecule has 0 bridgehead atoms. The molecule has 0 fully saturated rings. The first-order valence-corrected chi connectivity index (χ1v) is 8.91. The van der Waals surface area contributed by atoms with Crippen LogP contribution in [0.4, 0.5) is 0 Å². The predicted octanol–water partition coefficient (Wildman–Crippen LogP) is 3.79. The minimum Gasteiger partial charge on any atom is -0.493 e. The third-order valence-electron chi connectivity index (χ3n) is 4.68. The molecule has 2 heterocycles. The number of hydrogen-bond donors (Lipinski definition) is 0. The highest BCUT2D eigenvalue weighted by Gasteiger charge is 2.13. The van der Waals surface area contributed by atoms with Gasteiger partial charge in [0.2, 0.25) is 5.65 Å². The van der Waals surface area contributed by atoms with Crippen molar-refractivity contribution in [1.29, 1.82) is 0 Å². The zero-order valence-electron chi connectivity index (χ0n) is 16.3. The molecule has 0 spiro atoms. The van der Waals surface area contributed by atoms with Gasteiger partial charge in [0.15, 0.2) is 11.5 Å². The maximum absolute atomic E-state index is 13.1. The molecule has 0 saturated carbocycles. The molecule has 0 aliphatic rings. The summed E-state index contributed by atoms with van der Waals surface area (Å²) in [6.45, 7) is 4.04. The molecule has 6 nitrogen and oxygen atoms in total. The zero-order chi connectivity index (χ0) is 19.8. The Balaban J connectivity index is 1.84. The van der Waals surface area contributed by atoms with E-state index in [0.29, 0.717) is 22.8 Å². The van der Waals surface area contributed by atoms with Gasteiger partial charge in [-0.25, -0.2) is 4.98 Å². The largest absolute Gasteiger partial charge is 0.493 e. The summed E-state index contributed by atoms with van der Waals surface area (Å²) in [4.78, 5) is 17.6. The molecular weight excluding hydrogens is 354 g/mol. The number of aryl methyl sites for hydroxylation is 2. The Bertz CT molecular complexity index is 1220. The number of aromatic nitrogens is 3. The fourth-order valence-electron chi connectivity index (χ4n) is 3.41. The normalized spacial score (nSPS) is 11.0. The van der Waals surface area contributed by atoms with E-state index in [2.05, 4.69) is 11.1 Å². The van der Waals surface area contributed by atoms with E-state index in [0.717, 1.165) is 22.4 Å². The molecule has 6 heteroatoms. The molecule has 2 aromatic carbocycles. The topological polar surface area (TPSA) is 57.8 Å². The lowest BCUT2D eigenvalue weighted by molar-refractivity contribution is 0.355. The van der Waals surface area contributed by atoms with Gasteiger partial charge in [-0.15, -0.1) is 0 Å². The van der Waals surface area contributed by atoms with E-state index in [1.165, 1.54) is 0 Å². The Morgan fingerprint density at radius 2 is 1.61 bits per heavy atom. The maximum atomic E-state index is 13.1. The van der Waals surface area contributed by atoms with E-state index < -0.39 is 0 Å². The lowest BCUT2D eigenvalue weighted by Crippen LogP contribution is -2.20. The van der Waals surface area contributed by atoms with Gasteiger partial charge in [-0.05, 0) is 55.3 Å². The molecule has 4 aromatic rings. The molecule has 142 valence electrons. The number of methoxy groups -OCH3 is 2. The van der Waals surface area contributed by atoms with Crippen LogP contribution in [0.3, 0.4) is 0 Å². The highest BCUT2D eigenvalue weighted by Crippen LogP contribution is 2.31. The average Bonchev–Trinajstić information content (AvgIpc) is 3.12. The van der Waals surface area contributed by atoms with Crippen LogP contribution in [0, 0.1) is 13.8 Å². The second-order valence-corrected chi connectivity index (χ2v) is 6.75. The Morgan fingerprint density at radius 1 is 0.893 bits per heavy atom. The van der Waals surface area contributed by atoms with E-state index in [1.54, 1.807) is 29.4 Å². The summed E-state index contributed by atoms with van der Waals surface area (Å²) >= 11 is 0. The molecule has 2 aromatic heterocycles. The first kappa shape index (κ1) is 17.9. The minimum absolute atomic E-state index is 0.167. The summed E-state index contributed by atoms with van der Waals surface area (Å²) < 4.78 is 14.0. The fourth-order valence-corrected chi connectivity index (χ4v) is 3.41. The molecule has 0 saturated heterocycles. The number of fused-ring (bicyclic) bond motifs is 1. The van der Waals surface area contributed by atoms with Crippen molar-refractivity contribution < 1.29 is 9.47 Å². The van der Waals surface area contributed by atoms with Crippen LogP contribution in [-0.4, -0.2) is 28.2 Å². The van der Waals surface area contributed by atoms with Crippen LogP contribution in [0.5, 0.6) is 11.5 Å². The number of ether oxygens (including phenoxy) is 2. The Hall–Kier alpha value is -3.54. The zero-order valence-corrected chi connectivity index (χ0v) is 16.3. The third-order valence-corrected chi connectivity index (χ3v) is 4.68. The quantitative estimate of drug-likeness (QED) is 0.545. The Morgan fingerprint density at radius 3 is 2.29 bits per heavy atom. The molecule has 0 amide bonds. The predicted molar refractivity (Wildman–Crippen MR) is 109 cm³/mol. The molecule has 0 aliphatic carbocycles. The van der Waals surface area contributed by atoms with E-state index in [-0.39, 0.29) is 5.56 Å². The lowest BCUT2D eigenvalue weighted by Gasteiger charge is -2.08. The van der Waals surface area contributed by atoms with Crippen LogP contribution in [0.15, 0.2) is 59.8 Å². The van der Waals surface area contributed by atoms with E-state index in [1.807, 2.05) is 56.6 Å². The van der Waals surface area contributed by atoms with Gasteiger partial charge in [0.05, 0.1) is 19.9 Å². The monoisotopic (exact) mass is 375 g/mol. The summed E-state index contributed by atoms with van der Waals surface area (Å²) in [5.41, 5.74) is 4.79. The van der Waals surface area contributed by atoms with Gasteiger partial charge in [-0.3, -0.25) is 9.36 Å². The molecule has 4 rings (SSSR count).